The number of methoxy groups -OCH3 is 2. The number of carbonyl (C=O) groups excluding carboxylic acids is 2. The summed E-state index contributed by atoms with van der Waals surface area (Å²) in [6, 6.07) is 3.92. The van der Waals surface area contributed by atoms with E-state index >= 15 is 0 Å². The van der Waals surface area contributed by atoms with E-state index in [1.165, 1.54) is 52.4 Å². The summed E-state index contributed by atoms with van der Waals surface area (Å²) >= 11 is 0. The van der Waals surface area contributed by atoms with Gasteiger partial charge in [0.25, 0.3) is 0 Å². The lowest BCUT2D eigenvalue weighted by Crippen LogP contribution is -2.34. The van der Waals surface area contributed by atoms with Gasteiger partial charge in [0.15, 0.2) is 5.78 Å². The number of hydrogen-bond acceptors (Lipinski definition) is 6. The van der Waals surface area contributed by atoms with E-state index in [4.69, 9.17) is 9.47 Å². The maximum atomic E-state index is 12.9. The second-order valence-electron chi connectivity index (χ2n) is 7.04. The molecule has 0 spiro atoms. The van der Waals surface area contributed by atoms with E-state index in [0.717, 1.165) is 13.0 Å². The first kappa shape index (κ1) is 19.4. The Balaban J connectivity index is 1.60. The van der Waals surface area contributed by atoms with Crippen LogP contribution in [0.4, 0.5) is 0 Å². The Morgan fingerprint density at radius 2 is 1.63 bits per heavy atom. The van der Waals surface area contributed by atoms with E-state index in [2.05, 4.69) is 10.6 Å². The van der Waals surface area contributed by atoms with Crippen LogP contribution in [-0.4, -0.2) is 44.9 Å². The van der Waals surface area contributed by atoms with Crippen LogP contribution in [0.1, 0.15) is 59.2 Å². The number of nitrogens with one attached hydrogen (secondary N) is 2. The van der Waals surface area contributed by atoms with Crippen molar-refractivity contribution in [1.82, 2.24) is 10.6 Å². The number of hydrogen-bond donors (Lipinski definition) is 2. The van der Waals surface area contributed by atoms with Gasteiger partial charge in [0.05, 0.1) is 31.0 Å². The van der Waals surface area contributed by atoms with Crippen LogP contribution in [0.2, 0.25) is 0 Å². The van der Waals surface area contributed by atoms with Crippen molar-refractivity contribution in [1.29, 1.82) is 0 Å². The zero-order valence-corrected chi connectivity index (χ0v) is 16.1. The third-order valence-corrected chi connectivity index (χ3v) is 5.27. The summed E-state index contributed by atoms with van der Waals surface area (Å²) < 4.78 is 10.5. The normalized spacial score (nSPS) is 17.3. The molecular formula is C21H28N2O4. The van der Waals surface area contributed by atoms with Gasteiger partial charge in [-0.15, -0.1) is 0 Å². The first-order chi connectivity index (χ1) is 13.2. The SMILES string of the molecule is COc1ccc(OC)c2c1C(=O)C=C(NCCCNC1CCCCC1)C2=O. The molecular weight excluding hydrogens is 344 g/mol. The molecule has 0 radical (unpaired) electrons. The van der Waals surface area contributed by atoms with Crippen LogP contribution in [-0.2, 0) is 0 Å². The fraction of sp³-hybridized carbons (Fsp3) is 0.524. The fourth-order valence-electron chi connectivity index (χ4n) is 3.83. The van der Waals surface area contributed by atoms with Gasteiger partial charge in [-0.05, 0) is 37.9 Å². The third kappa shape index (κ3) is 4.33. The van der Waals surface area contributed by atoms with Crippen molar-refractivity contribution in [2.75, 3.05) is 27.3 Å². The van der Waals surface area contributed by atoms with E-state index in [0.29, 0.717) is 29.8 Å². The average Bonchev–Trinajstić information content (AvgIpc) is 2.70. The molecule has 2 N–H and O–H groups in total. The first-order valence-electron chi connectivity index (χ1n) is 9.68. The smallest absolute Gasteiger partial charge is 0.213 e. The van der Waals surface area contributed by atoms with Crippen molar-refractivity contribution >= 4 is 11.6 Å². The Labute approximate surface area is 160 Å². The predicted octanol–water partition coefficient (Wildman–Crippen LogP) is 2.87. The van der Waals surface area contributed by atoms with Crippen LogP contribution < -0.4 is 20.1 Å². The quantitative estimate of drug-likeness (QED) is 0.684. The number of ether oxygens (including phenoxy) is 2. The molecule has 0 unspecified atom stereocenters. The summed E-state index contributed by atoms with van der Waals surface area (Å²) in [5.41, 5.74) is 0.857. The number of allylic oxidation sites excluding steroid dienone is 2. The number of benzene rings is 1. The number of fused-ring (bicyclic) bond motifs is 1. The summed E-state index contributed by atoms with van der Waals surface area (Å²) in [6.45, 7) is 1.53. The average molecular weight is 372 g/mol. The summed E-state index contributed by atoms with van der Waals surface area (Å²) in [5, 5.41) is 6.70. The maximum absolute atomic E-state index is 12.9. The van der Waals surface area contributed by atoms with Crippen LogP contribution in [0.25, 0.3) is 0 Å². The van der Waals surface area contributed by atoms with Gasteiger partial charge in [-0.1, -0.05) is 19.3 Å². The largest absolute Gasteiger partial charge is 0.496 e. The molecule has 0 atom stereocenters. The molecule has 2 aliphatic carbocycles. The molecule has 0 aliphatic heterocycles. The minimum absolute atomic E-state index is 0.236. The van der Waals surface area contributed by atoms with Crippen LogP contribution >= 0.6 is 0 Å². The van der Waals surface area contributed by atoms with E-state index in [-0.39, 0.29) is 22.7 Å². The fourth-order valence-corrected chi connectivity index (χ4v) is 3.83. The molecule has 0 bridgehead atoms. The number of rotatable bonds is 8. The van der Waals surface area contributed by atoms with Gasteiger partial charge in [0.2, 0.25) is 5.78 Å². The van der Waals surface area contributed by atoms with Crippen LogP contribution in [0, 0.1) is 0 Å². The van der Waals surface area contributed by atoms with Crippen molar-refractivity contribution < 1.29 is 19.1 Å². The predicted molar refractivity (Wildman–Crippen MR) is 104 cm³/mol. The van der Waals surface area contributed by atoms with Crippen molar-refractivity contribution in [3.05, 3.63) is 35.0 Å². The summed E-state index contributed by atoms with van der Waals surface area (Å²) in [5.74, 6) is 0.287. The van der Waals surface area contributed by atoms with E-state index in [1.54, 1.807) is 12.1 Å². The lowest BCUT2D eigenvalue weighted by molar-refractivity contribution is 0.0973. The standard InChI is InChI=1S/C21H28N2O4/c1-26-17-9-10-18(27-2)20-19(17)16(24)13-15(21(20)25)23-12-6-11-22-14-7-4-3-5-8-14/h9-10,13-14,22-23H,3-8,11-12H2,1-2H3. The highest BCUT2D eigenvalue weighted by molar-refractivity contribution is 6.26. The van der Waals surface area contributed by atoms with E-state index in [9.17, 15) is 9.59 Å². The molecule has 0 heterocycles. The highest BCUT2D eigenvalue weighted by atomic mass is 16.5. The first-order valence-corrected chi connectivity index (χ1v) is 9.68. The highest BCUT2D eigenvalue weighted by Gasteiger charge is 2.31. The van der Waals surface area contributed by atoms with E-state index in [1.807, 2.05) is 0 Å². The van der Waals surface area contributed by atoms with Crippen molar-refractivity contribution in [2.45, 2.75) is 44.6 Å². The second-order valence-corrected chi connectivity index (χ2v) is 7.04. The Morgan fingerprint density at radius 3 is 2.30 bits per heavy atom. The van der Waals surface area contributed by atoms with Crippen molar-refractivity contribution in [3.8, 4) is 11.5 Å². The lowest BCUT2D eigenvalue weighted by Gasteiger charge is -2.23. The summed E-state index contributed by atoms with van der Waals surface area (Å²) in [6.07, 6.45) is 8.72. The third-order valence-electron chi connectivity index (χ3n) is 5.27. The Kier molecular flexibility index (Phi) is 6.50. The molecule has 3 rings (SSSR count). The zero-order chi connectivity index (χ0) is 19.2. The molecule has 1 aromatic carbocycles. The Bertz CT molecular complexity index is 736. The Hall–Kier alpha value is -2.34. The molecule has 6 heteroatoms. The van der Waals surface area contributed by atoms with Gasteiger partial charge in [0.1, 0.15) is 11.5 Å². The number of carbonyl (C=O) groups is 2. The van der Waals surface area contributed by atoms with Gasteiger partial charge >= 0.3 is 0 Å². The molecule has 1 fully saturated rings. The van der Waals surface area contributed by atoms with Crippen LogP contribution in [0.3, 0.4) is 0 Å². The summed E-state index contributed by atoms with van der Waals surface area (Å²) in [4.78, 5) is 25.5. The van der Waals surface area contributed by atoms with E-state index < -0.39 is 0 Å². The van der Waals surface area contributed by atoms with Gasteiger partial charge in [0, 0.05) is 18.7 Å². The van der Waals surface area contributed by atoms with Gasteiger partial charge in [-0.25, -0.2) is 0 Å². The minimum Gasteiger partial charge on any atom is -0.496 e. The number of Topliss-reactive ketones (excluding diaryl/α,β-unsaturated/α-hetero) is 1. The van der Waals surface area contributed by atoms with Crippen LogP contribution in [0.5, 0.6) is 11.5 Å². The molecule has 146 valence electrons. The number of ketones is 2. The molecule has 1 saturated carbocycles. The molecule has 0 amide bonds. The maximum Gasteiger partial charge on any atom is 0.213 e. The molecule has 0 saturated heterocycles. The monoisotopic (exact) mass is 372 g/mol. The van der Waals surface area contributed by atoms with Gasteiger partial charge < -0.3 is 20.1 Å². The molecule has 0 aromatic heterocycles. The second kappa shape index (κ2) is 9.04. The topological polar surface area (TPSA) is 76.7 Å². The van der Waals surface area contributed by atoms with Crippen molar-refractivity contribution in [3.63, 3.8) is 0 Å². The molecule has 6 nitrogen and oxygen atoms in total. The minimum atomic E-state index is -0.247. The van der Waals surface area contributed by atoms with Crippen molar-refractivity contribution in [2.24, 2.45) is 0 Å². The summed E-state index contributed by atoms with van der Waals surface area (Å²) in [7, 11) is 2.97. The molecule has 27 heavy (non-hydrogen) atoms. The highest BCUT2D eigenvalue weighted by Crippen LogP contribution is 2.35. The molecule has 1 aromatic rings. The van der Waals surface area contributed by atoms with Crippen LogP contribution in [0.15, 0.2) is 23.9 Å². The Morgan fingerprint density at radius 1 is 0.963 bits per heavy atom. The molecule has 2 aliphatic rings. The van der Waals surface area contributed by atoms with Gasteiger partial charge in [-0.3, -0.25) is 9.59 Å². The lowest BCUT2D eigenvalue weighted by atomic mass is 9.91. The van der Waals surface area contributed by atoms with Gasteiger partial charge in [-0.2, -0.15) is 0 Å². The zero-order valence-electron chi connectivity index (χ0n) is 16.1.